The Labute approximate surface area is 189 Å². The smallest absolute Gasteiger partial charge is 0.293 e. The van der Waals surface area contributed by atoms with Crippen molar-refractivity contribution in [2.75, 3.05) is 26.7 Å². The third-order valence-corrected chi connectivity index (χ3v) is 5.55. The first-order chi connectivity index (χ1) is 15.4. The minimum atomic E-state index is -0.507. The summed E-state index contributed by atoms with van der Waals surface area (Å²) >= 11 is 0.747. The summed E-state index contributed by atoms with van der Waals surface area (Å²) in [5.41, 5.74) is 1.70. The van der Waals surface area contributed by atoms with Crippen molar-refractivity contribution in [3.8, 4) is 6.07 Å². The molecule has 164 valence electrons. The lowest BCUT2D eigenvalue weighted by atomic mass is 10.1. The summed E-state index contributed by atoms with van der Waals surface area (Å²) in [6, 6.07) is 15.2. The van der Waals surface area contributed by atoms with Crippen LogP contribution in [0.2, 0.25) is 0 Å². The van der Waals surface area contributed by atoms with E-state index in [-0.39, 0.29) is 36.0 Å². The molecule has 1 fully saturated rings. The molecule has 2 aromatic rings. The molecule has 1 heterocycles. The van der Waals surface area contributed by atoms with Crippen molar-refractivity contribution >= 4 is 34.9 Å². The highest BCUT2D eigenvalue weighted by molar-refractivity contribution is 8.18. The first-order valence-corrected chi connectivity index (χ1v) is 10.6. The van der Waals surface area contributed by atoms with Gasteiger partial charge in [-0.25, -0.2) is 4.39 Å². The van der Waals surface area contributed by atoms with Gasteiger partial charge in [0.25, 0.3) is 11.1 Å². The highest BCUT2D eigenvalue weighted by atomic mass is 32.2. The zero-order chi connectivity index (χ0) is 23.1. The summed E-state index contributed by atoms with van der Waals surface area (Å²) in [5.74, 6) is -1.24. The summed E-state index contributed by atoms with van der Waals surface area (Å²) in [4.78, 5) is 39.8. The second-order valence-electron chi connectivity index (χ2n) is 7.19. The largest absolute Gasteiger partial charge is 0.353 e. The molecule has 1 N–H and O–H groups in total. The van der Waals surface area contributed by atoms with Crippen LogP contribution in [0, 0.1) is 17.1 Å². The predicted octanol–water partition coefficient (Wildman–Crippen LogP) is 2.98. The molecule has 0 aliphatic carbocycles. The first-order valence-electron chi connectivity index (χ1n) is 9.81. The predicted molar refractivity (Wildman–Crippen MR) is 120 cm³/mol. The highest BCUT2D eigenvalue weighted by Gasteiger charge is 2.34. The Bertz CT molecular complexity index is 1110. The van der Waals surface area contributed by atoms with E-state index in [2.05, 4.69) is 11.4 Å². The molecule has 0 bridgehead atoms. The van der Waals surface area contributed by atoms with Gasteiger partial charge in [0.2, 0.25) is 5.91 Å². The van der Waals surface area contributed by atoms with E-state index in [0.29, 0.717) is 12.1 Å². The SMILES string of the molecule is CN(CC(=O)NCCN1C(=O)S/C(=C\c2ccccc2F)C1=O)Cc1cccc(C#N)c1. The summed E-state index contributed by atoms with van der Waals surface area (Å²) in [6.07, 6.45) is 1.36. The molecule has 0 spiro atoms. The van der Waals surface area contributed by atoms with Crippen molar-refractivity contribution in [1.29, 1.82) is 5.26 Å². The van der Waals surface area contributed by atoms with Crippen LogP contribution < -0.4 is 5.32 Å². The third-order valence-electron chi connectivity index (χ3n) is 4.65. The van der Waals surface area contributed by atoms with Crippen LogP contribution in [-0.4, -0.2) is 53.5 Å². The highest BCUT2D eigenvalue weighted by Crippen LogP contribution is 2.32. The van der Waals surface area contributed by atoms with Gasteiger partial charge in [-0.3, -0.25) is 24.2 Å². The molecular weight excluding hydrogens is 431 g/mol. The molecule has 0 unspecified atom stereocenters. The van der Waals surface area contributed by atoms with Gasteiger partial charge in [0, 0.05) is 25.2 Å². The average molecular weight is 453 g/mol. The summed E-state index contributed by atoms with van der Waals surface area (Å²) in [5, 5.41) is 11.2. The molecule has 3 rings (SSSR count). The molecule has 0 radical (unpaired) electrons. The van der Waals surface area contributed by atoms with Crippen LogP contribution in [0.25, 0.3) is 6.08 Å². The molecule has 0 aromatic heterocycles. The van der Waals surface area contributed by atoms with Gasteiger partial charge in [-0.05, 0) is 48.6 Å². The molecule has 1 aliphatic rings. The number of hydrogen-bond donors (Lipinski definition) is 1. The fourth-order valence-corrected chi connectivity index (χ4v) is 4.00. The zero-order valence-electron chi connectivity index (χ0n) is 17.4. The van der Waals surface area contributed by atoms with Gasteiger partial charge in [-0.1, -0.05) is 30.3 Å². The van der Waals surface area contributed by atoms with Crippen LogP contribution in [0.3, 0.4) is 0 Å². The second kappa shape index (κ2) is 10.7. The first kappa shape index (κ1) is 23.2. The topological polar surface area (TPSA) is 93.5 Å². The lowest BCUT2D eigenvalue weighted by Gasteiger charge is -2.17. The molecule has 3 amide bonds. The maximum atomic E-state index is 13.8. The molecule has 9 heteroatoms. The van der Waals surface area contributed by atoms with Gasteiger partial charge in [0.15, 0.2) is 0 Å². The zero-order valence-corrected chi connectivity index (χ0v) is 18.2. The van der Waals surface area contributed by atoms with Crippen LogP contribution in [0.4, 0.5) is 9.18 Å². The lowest BCUT2D eigenvalue weighted by molar-refractivity contribution is -0.124. The lowest BCUT2D eigenvalue weighted by Crippen LogP contribution is -2.40. The number of carbonyl (C=O) groups excluding carboxylic acids is 3. The van der Waals surface area contributed by atoms with E-state index in [9.17, 15) is 18.8 Å². The van der Waals surface area contributed by atoms with Crippen molar-refractivity contribution in [1.82, 2.24) is 15.1 Å². The van der Waals surface area contributed by atoms with Crippen LogP contribution in [0.15, 0.2) is 53.4 Å². The Hall–Kier alpha value is -3.48. The average Bonchev–Trinajstić information content (AvgIpc) is 3.02. The number of hydrogen-bond acceptors (Lipinski definition) is 6. The van der Waals surface area contributed by atoms with Gasteiger partial charge in [0.1, 0.15) is 5.82 Å². The molecule has 1 saturated heterocycles. The number of rotatable bonds is 8. The normalized spacial score (nSPS) is 14.8. The molecule has 0 atom stereocenters. The second-order valence-corrected chi connectivity index (χ2v) is 8.18. The fourth-order valence-electron chi connectivity index (χ4n) is 3.14. The van der Waals surface area contributed by atoms with E-state index in [1.54, 1.807) is 42.3 Å². The van der Waals surface area contributed by atoms with Crippen LogP contribution in [-0.2, 0) is 16.1 Å². The van der Waals surface area contributed by atoms with Gasteiger partial charge < -0.3 is 5.32 Å². The van der Waals surface area contributed by atoms with Crippen molar-refractivity contribution in [3.05, 3.63) is 75.9 Å². The fraction of sp³-hybridized carbons (Fsp3) is 0.217. The minimum Gasteiger partial charge on any atom is -0.353 e. The molecule has 2 aromatic carbocycles. The minimum absolute atomic E-state index is 0.0267. The van der Waals surface area contributed by atoms with Gasteiger partial charge in [0.05, 0.1) is 23.1 Å². The standard InChI is InChI=1S/C23H21FN4O3S/c1-27(14-17-6-4-5-16(11-17)13-25)15-21(29)26-9-10-28-22(30)20(32-23(28)31)12-18-7-2-3-8-19(18)24/h2-8,11-12H,9-10,14-15H2,1H3,(H,26,29)/b20-12-. The molecule has 1 aliphatic heterocycles. The number of likely N-dealkylation sites (N-methyl/N-ethyl adjacent to an activating group) is 1. The molecular formula is C23H21FN4O3S. The van der Waals surface area contributed by atoms with E-state index in [4.69, 9.17) is 5.26 Å². The monoisotopic (exact) mass is 452 g/mol. The number of nitriles is 1. The number of carbonyl (C=O) groups is 3. The third kappa shape index (κ3) is 6.03. The summed E-state index contributed by atoms with van der Waals surface area (Å²) < 4.78 is 13.8. The molecule has 7 nitrogen and oxygen atoms in total. The summed E-state index contributed by atoms with van der Waals surface area (Å²) in [6.45, 7) is 0.749. The van der Waals surface area contributed by atoms with Crippen LogP contribution >= 0.6 is 11.8 Å². The molecule has 32 heavy (non-hydrogen) atoms. The van der Waals surface area contributed by atoms with Crippen molar-refractivity contribution in [2.24, 2.45) is 0 Å². The Morgan fingerprint density at radius 2 is 2.03 bits per heavy atom. The number of amides is 3. The Morgan fingerprint density at radius 3 is 2.78 bits per heavy atom. The number of thioether (sulfide) groups is 1. The van der Waals surface area contributed by atoms with E-state index >= 15 is 0 Å². The Morgan fingerprint density at radius 1 is 1.25 bits per heavy atom. The van der Waals surface area contributed by atoms with E-state index < -0.39 is 17.0 Å². The quantitative estimate of drug-likeness (QED) is 0.619. The van der Waals surface area contributed by atoms with Gasteiger partial charge in [-0.2, -0.15) is 5.26 Å². The Balaban J connectivity index is 1.47. The number of benzene rings is 2. The number of nitrogens with one attached hydrogen (secondary N) is 1. The number of nitrogens with zero attached hydrogens (tertiary/aromatic N) is 3. The van der Waals surface area contributed by atoms with Crippen LogP contribution in [0.5, 0.6) is 0 Å². The van der Waals surface area contributed by atoms with E-state index in [1.807, 2.05) is 6.07 Å². The number of halogens is 1. The summed E-state index contributed by atoms with van der Waals surface area (Å²) in [7, 11) is 1.78. The maximum absolute atomic E-state index is 13.8. The number of imide groups is 1. The van der Waals surface area contributed by atoms with Crippen molar-refractivity contribution in [3.63, 3.8) is 0 Å². The maximum Gasteiger partial charge on any atom is 0.293 e. The Kier molecular flexibility index (Phi) is 7.76. The van der Waals surface area contributed by atoms with E-state index in [1.165, 1.54) is 18.2 Å². The van der Waals surface area contributed by atoms with Crippen molar-refractivity contribution < 1.29 is 18.8 Å². The van der Waals surface area contributed by atoms with Crippen molar-refractivity contribution in [2.45, 2.75) is 6.54 Å². The van der Waals surface area contributed by atoms with E-state index in [0.717, 1.165) is 22.2 Å². The van der Waals surface area contributed by atoms with Gasteiger partial charge in [-0.15, -0.1) is 0 Å². The van der Waals surface area contributed by atoms with Gasteiger partial charge >= 0.3 is 0 Å². The molecule has 0 saturated carbocycles. The van der Waals surface area contributed by atoms with Crippen LogP contribution in [0.1, 0.15) is 16.7 Å².